The van der Waals surface area contributed by atoms with Crippen LogP contribution in [0.4, 0.5) is 8.78 Å². The zero-order valence-corrected chi connectivity index (χ0v) is 20.8. The summed E-state index contributed by atoms with van der Waals surface area (Å²) in [6.07, 6.45) is 3.13. The van der Waals surface area contributed by atoms with Gasteiger partial charge in [-0.25, -0.2) is 8.78 Å². The number of amides is 1. The lowest BCUT2D eigenvalue weighted by Gasteiger charge is -2.22. The number of halogens is 2. The smallest absolute Gasteiger partial charge is 0.289 e. The van der Waals surface area contributed by atoms with E-state index in [0.29, 0.717) is 36.4 Å². The van der Waals surface area contributed by atoms with Crippen molar-refractivity contribution in [3.63, 3.8) is 0 Å². The van der Waals surface area contributed by atoms with Crippen molar-refractivity contribution in [2.45, 2.75) is 38.5 Å². The number of hydrogen-bond donors (Lipinski definition) is 1. The first-order valence-corrected chi connectivity index (χ1v) is 12.0. The molecule has 2 aromatic heterocycles. The van der Waals surface area contributed by atoms with E-state index in [-0.39, 0.29) is 24.6 Å². The Labute approximate surface area is 212 Å². The van der Waals surface area contributed by atoms with Gasteiger partial charge in [0.15, 0.2) is 5.56 Å². The van der Waals surface area contributed by atoms with Crippen LogP contribution in [0.1, 0.15) is 54.0 Å². The molecule has 1 N–H and O–H groups in total. The highest BCUT2D eigenvalue weighted by atomic mass is 19.1. The molecule has 37 heavy (non-hydrogen) atoms. The quantitative estimate of drug-likeness (QED) is 0.490. The molecule has 1 aromatic carbocycles. The molecule has 9 nitrogen and oxygen atoms in total. The number of aromatic nitrogens is 3. The zero-order chi connectivity index (χ0) is 26.7. The minimum absolute atomic E-state index is 0.0445. The molecule has 1 amide bonds. The summed E-state index contributed by atoms with van der Waals surface area (Å²) in [5, 5.41) is 11.4. The standard InChI is InChI=1S/C26H28F2N4O5/c1-4-5-9-20-30-24(33)21(26(35)32(20)23-18(36-2)7-6-8-19(23)37-3)25(34)31-11-10-15(14-31)22-17(28)12-16(27)13-29-22/h6-8,12-13,15,35H,4-5,9-11,14H2,1-3H3/t15-/m0/s1. The number of ether oxygens (including phenoxy) is 2. The van der Waals surface area contributed by atoms with E-state index in [2.05, 4.69) is 9.97 Å². The van der Waals surface area contributed by atoms with Crippen molar-refractivity contribution in [2.75, 3.05) is 27.3 Å². The summed E-state index contributed by atoms with van der Waals surface area (Å²) < 4.78 is 39.9. The Morgan fingerprint density at radius 2 is 1.92 bits per heavy atom. The molecule has 1 fully saturated rings. The van der Waals surface area contributed by atoms with E-state index in [1.807, 2.05) is 6.92 Å². The van der Waals surface area contributed by atoms with E-state index in [4.69, 9.17) is 9.47 Å². The third-order valence-corrected chi connectivity index (χ3v) is 6.43. The molecule has 1 aliphatic heterocycles. The monoisotopic (exact) mass is 514 g/mol. The number of unbranched alkanes of at least 4 members (excludes halogenated alkanes) is 1. The van der Waals surface area contributed by atoms with Crippen LogP contribution in [0.2, 0.25) is 0 Å². The van der Waals surface area contributed by atoms with Crippen LogP contribution in [0.3, 0.4) is 0 Å². The van der Waals surface area contributed by atoms with Crippen molar-refractivity contribution in [2.24, 2.45) is 0 Å². The van der Waals surface area contributed by atoms with Gasteiger partial charge in [-0.2, -0.15) is 4.98 Å². The molecule has 11 heteroatoms. The second kappa shape index (κ2) is 10.9. The second-order valence-electron chi connectivity index (χ2n) is 8.74. The Bertz CT molecular complexity index is 1360. The molecule has 196 valence electrons. The lowest BCUT2D eigenvalue weighted by Crippen LogP contribution is -2.35. The fraction of sp³-hybridized carbons (Fsp3) is 0.385. The van der Waals surface area contributed by atoms with Crippen molar-refractivity contribution in [3.8, 4) is 23.1 Å². The van der Waals surface area contributed by atoms with Crippen LogP contribution in [0.15, 0.2) is 35.3 Å². The number of para-hydroxylation sites is 1. The average Bonchev–Trinajstić information content (AvgIpc) is 3.37. The number of aryl methyl sites for hydroxylation is 1. The largest absolute Gasteiger partial charge is 0.494 e. The van der Waals surface area contributed by atoms with Gasteiger partial charge in [-0.15, -0.1) is 0 Å². The summed E-state index contributed by atoms with van der Waals surface area (Å²) in [5.74, 6) is -2.47. The van der Waals surface area contributed by atoms with Crippen LogP contribution in [0.5, 0.6) is 17.4 Å². The van der Waals surface area contributed by atoms with Crippen LogP contribution < -0.4 is 15.0 Å². The third kappa shape index (κ3) is 4.98. The van der Waals surface area contributed by atoms with Gasteiger partial charge in [-0.3, -0.25) is 19.1 Å². The molecule has 3 aromatic rings. The number of methoxy groups -OCH3 is 2. The summed E-state index contributed by atoms with van der Waals surface area (Å²) in [6, 6.07) is 5.78. The van der Waals surface area contributed by atoms with Gasteiger partial charge < -0.3 is 19.5 Å². The number of carbonyl (C=O) groups excluding carboxylic acids is 1. The van der Waals surface area contributed by atoms with Crippen molar-refractivity contribution in [1.82, 2.24) is 19.4 Å². The van der Waals surface area contributed by atoms with E-state index in [1.165, 1.54) is 23.7 Å². The van der Waals surface area contributed by atoms with Gasteiger partial charge in [0.2, 0.25) is 5.88 Å². The van der Waals surface area contributed by atoms with Crippen molar-refractivity contribution < 1.29 is 28.2 Å². The fourth-order valence-corrected chi connectivity index (χ4v) is 4.58. The predicted octanol–water partition coefficient (Wildman–Crippen LogP) is 3.60. The van der Waals surface area contributed by atoms with E-state index in [0.717, 1.165) is 18.7 Å². The van der Waals surface area contributed by atoms with E-state index < -0.39 is 40.5 Å². The number of nitrogens with zero attached hydrogens (tertiary/aromatic N) is 4. The Balaban J connectivity index is 1.78. The van der Waals surface area contributed by atoms with E-state index in [9.17, 15) is 23.5 Å². The molecule has 0 radical (unpaired) electrons. The van der Waals surface area contributed by atoms with E-state index in [1.54, 1.807) is 18.2 Å². The van der Waals surface area contributed by atoms with Gasteiger partial charge in [0.25, 0.3) is 11.5 Å². The molecule has 0 saturated carbocycles. The first-order chi connectivity index (χ1) is 17.8. The van der Waals surface area contributed by atoms with Gasteiger partial charge in [0.05, 0.1) is 26.1 Å². The topological polar surface area (TPSA) is 107 Å². The number of benzene rings is 1. The van der Waals surface area contributed by atoms with E-state index >= 15 is 0 Å². The highest BCUT2D eigenvalue weighted by molar-refractivity contribution is 5.96. The number of hydrogen-bond acceptors (Lipinski definition) is 7. The highest BCUT2D eigenvalue weighted by Crippen LogP contribution is 2.37. The molecule has 0 unspecified atom stereocenters. The summed E-state index contributed by atoms with van der Waals surface area (Å²) in [6.45, 7) is 2.21. The lowest BCUT2D eigenvalue weighted by atomic mass is 10.0. The minimum atomic E-state index is -0.867. The SMILES string of the molecule is CCCCc1nc(=O)c(C(=O)N2CC[C@H](c3ncc(F)cc3F)C2)c(O)n1-c1c(OC)cccc1OC. The van der Waals surface area contributed by atoms with Crippen LogP contribution in [0, 0.1) is 11.6 Å². The van der Waals surface area contributed by atoms with Gasteiger partial charge >= 0.3 is 0 Å². The molecule has 1 atom stereocenters. The molecule has 1 saturated heterocycles. The maximum absolute atomic E-state index is 14.3. The normalized spacial score (nSPS) is 15.2. The first-order valence-electron chi connectivity index (χ1n) is 12.0. The fourth-order valence-electron chi connectivity index (χ4n) is 4.58. The van der Waals surface area contributed by atoms with Gasteiger partial charge in [0.1, 0.15) is 34.6 Å². The van der Waals surface area contributed by atoms with Crippen LogP contribution >= 0.6 is 0 Å². The summed E-state index contributed by atoms with van der Waals surface area (Å²) >= 11 is 0. The summed E-state index contributed by atoms with van der Waals surface area (Å²) in [7, 11) is 2.91. The highest BCUT2D eigenvalue weighted by Gasteiger charge is 2.35. The zero-order valence-electron chi connectivity index (χ0n) is 20.8. The third-order valence-electron chi connectivity index (χ3n) is 6.43. The van der Waals surface area contributed by atoms with Crippen LogP contribution in [0.25, 0.3) is 5.69 Å². The van der Waals surface area contributed by atoms with Crippen molar-refractivity contribution in [1.29, 1.82) is 0 Å². The molecule has 0 spiro atoms. The van der Waals surface area contributed by atoms with Crippen molar-refractivity contribution in [3.05, 3.63) is 69.5 Å². The predicted molar refractivity (Wildman–Crippen MR) is 131 cm³/mol. The Morgan fingerprint density at radius 3 is 2.54 bits per heavy atom. The molecule has 3 heterocycles. The minimum Gasteiger partial charge on any atom is -0.494 e. The van der Waals surface area contributed by atoms with Crippen molar-refractivity contribution >= 4 is 5.91 Å². The Hall–Kier alpha value is -4.02. The maximum atomic E-state index is 14.3. The molecule has 1 aliphatic rings. The molecular weight excluding hydrogens is 486 g/mol. The maximum Gasteiger partial charge on any atom is 0.289 e. The molecule has 0 aliphatic carbocycles. The molecule has 4 rings (SSSR count). The summed E-state index contributed by atoms with van der Waals surface area (Å²) in [4.78, 5) is 35.9. The Morgan fingerprint density at radius 1 is 1.22 bits per heavy atom. The van der Waals surface area contributed by atoms with Gasteiger partial charge in [-0.1, -0.05) is 19.4 Å². The van der Waals surface area contributed by atoms with Crippen LogP contribution in [-0.4, -0.2) is 57.8 Å². The van der Waals surface area contributed by atoms with Crippen LogP contribution in [-0.2, 0) is 6.42 Å². The Kier molecular flexibility index (Phi) is 7.70. The number of likely N-dealkylation sites (tertiary alicyclic amines) is 1. The number of pyridine rings is 1. The number of rotatable bonds is 8. The number of aromatic hydroxyl groups is 1. The average molecular weight is 515 g/mol. The van der Waals surface area contributed by atoms with Gasteiger partial charge in [-0.05, 0) is 25.0 Å². The lowest BCUT2D eigenvalue weighted by molar-refractivity contribution is 0.0783. The first kappa shape index (κ1) is 26.1. The number of carbonyl (C=O) groups is 1. The molecular formula is C26H28F2N4O5. The molecule has 0 bridgehead atoms. The van der Waals surface area contributed by atoms with Gasteiger partial charge in [0, 0.05) is 31.5 Å². The second-order valence-corrected chi connectivity index (χ2v) is 8.74. The summed E-state index contributed by atoms with van der Waals surface area (Å²) in [5.41, 5.74) is -1.03.